The third kappa shape index (κ3) is 1.73. The zero-order chi connectivity index (χ0) is 11.7. The minimum Gasteiger partial charge on any atom is -0.424 e. The van der Waals surface area contributed by atoms with Gasteiger partial charge in [0.1, 0.15) is 0 Å². The van der Waals surface area contributed by atoms with Crippen LogP contribution in [0.4, 0.5) is 0 Å². The van der Waals surface area contributed by atoms with Gasteiger partial charge in [-0.3, -0.25) is 0 Å². The zero-order valence-corrected chi connectivity index (χ0v) is 9.13. The molecule has 0 fully saturated rings. The molecule has 0 saturated carbocycles. The van der Waals surface area contributed by atoms with E-state index in [9.17, 15) is 0 Å². The molecule has 0 bridgehead atoms. The first-order valence-corrected chi connectivity index (χ1v) is 5.46. The first kappa shape index (κ1) is 10.1. The number of fused-ring (bicyclic) bond motifs is 1. The van der Waals surface area contributed by atoms with Crippen molar-refractivity contribution in [1.82, 2.24) is 0 Å². The van der Waals surface area contributed by atoms with Gasteiger partial charge in [-0.15, -0.1) is 0 Å². The molecule has 0 saturated heterocycles. The normalized spacial score (nSPS) is 17.0. The van der Waals surface area contributed by atoms with Crippen molar-refractivity contribution >= 4 is 12.9 Å². The van der Waals surface area contributed by atoms with Gasteiger partial charge in [0.15, 0.2) is 0 Å². The lowest BCUT2D eigenvalue weighted by molar-refractivity contribution is 0.280. The molecule has 1 atom stereocenters. The Morgan fingerprint density at radius 1 is 1.06 bits per heavy atom. The standard InChI is InChI=1S/C14H9BNO/c16-9-10-5-7-11(8-6-10)14-12-3-1-2-4-13(12)15-17-14/h1-8,14H. The molecule has 1 heterocycles. The summed E-state index contributed by atoms with van der Waals surface area (Å²) in [4.78, 5) is 0. The Kier molecular flexibility index (Phi) is 2.43. The van der Waals surface area contributed by atoms with Crippen molar-refractivity contribution in [1.29, 1.82) is 5.26 Å². The van der Waals surface area contributed by atoms with E-state index in [-0.39, 0.29) is 6.10 Å². The highest BCUT2D eigenvalue weighted by Gasteiger charge is 2.24. The summed E-state index contributed by atoms with van der Waals surface area (Å²) in [6, 6.07) is 17.8. The molecular weight excluding hydrogens is 209 g/mol. The van der Waals surface area contributed by atoms with Gasteiger partial charge in [0.2, 0.25) is 0 Å². The van der Waals surface area contributed by atoms with Crippen molar-refractivity contribution < 1.29 is 4.65 Å². The first-order chi connectivity index (χ1) is 8.38. The van der Waals surface area contributed by atoms with E-state index in [2.05, 4.69) is 12.1 Å². The average molecular weight is 218 g/mol. The fraction of sp³-hybridized carbons (Fsp3) is 0.0714. The van der Waals surface area contributed by atoms with Crippen LogP contribution in [0.1, 0.15) is 22.8 Å². The van der Waals surface area contributed by atoms with E-state index in [1.54, 1.807) is 7.48 Å². The third-order valence-electron chi connectivity index (χ3n) is 2.95. The Hall–Kier alpha value is -2.05. The number of nitriles is 1. The zero-order valence-electron chi connectivity index (χ0n) is 9.13. The van der Waals surface area contributed by atoms with Crippen molar-refractivity contribution in [2.45, 2.75) is 6.10 Å². The second-order valence-electron chi connectivity index (χ2n) is 4.00. The van der Waals surface area contributed by atoms with Crippen molar-refractivity contribution in [3.8, 4) is 6.07 Å². The maximum atomic E-state index is 8.76. The van der Waals surface area contributed by atoms with Crippen LogP contribution in [0.15, 0.2) is 48.5 Å². The maximum Gasteiger partial charge on any atom is 0.331 e. The second kappa shape index (κ2) is 4.08. The highest BCUT2D eigenvalue weighted by atomic mass is 16.4. The summed E-state index contributed by atoms with van der Waals surface area (Å²) in [5.74, 6) is 0. The first-order valence-electron chi connectivity index (χ1n) is 5.46. The quantitative estimate of drug-likeness (QED) is 0.685. The van der Waals surface area contributed by atoms with Crippen molar-refractivity contribution in [3.05, 3.63) is 65.2 Å². The predicted molar refractivity (Wildman–Crippen MR) is 65.9 cm³/mol. The van der Waals surface area contributed by atoms with Gasteiger partial charge in [-0.05, 0) is 28.7 Å². The molecule has 2 aromatic carbocycles. The smallest absolute Gasteiger partial charge is 0.331 e. The lowest BCUT2D eigenvalue weighted by Gasteiger charge is -2.12. The van der Waals surface area contributed by atoms with Gasteiger partial charge in [-0.2, -0.15) is 5.26 Å². The van der Waals surface area contributed by atoms with Crippen LogP contribution in [0, 0.1) is 11.3 Å². The van der Waals surface area contributed by atoms with E-state index in [1.807, 2.05) is 42.5 Å². The van der Waals surface area contributed by atoms with Crippen LogP contribution < -0.4 is 5.46 Å². The Morgan fingerprint density at radius 2 is 1.82 bits per heavy atom. The minimum atomic E-state index is -0.0426. The monoisotopic (exact) mass is 218 g/mol. The van der Waals surface area contributed by atoms with E-state index in [4.69, 9.17) is 9.92 Å². The number of nitrogens with zero attached hydrogens (tertiary/aromatic N) is 1. The van der Waals surface area contributed by atoms with Crippen LogP contribution in [-0.4, -0.2) is 7.48 Å². The highest BCUT2D eigenvalue weighted by Crippen LogP contribution is 2.28. The number of hydrogen-bond acceptors (Lipinski definition) is 2. The largest absolute Gasteiger partial charge is 0.424 e. The maximum absolute atomic E-state index is 8.76. The number of rotatable bonds is 1. The molecule has 2 nitrogen and oxygen atoms in total. The van der Waals surface area contributed by atoms with Gasteiger partial charge in [0.25, 0.3) is 0 Å². The summed E-state index contributed by atoms with van der Waals surface area (Å²) >= 11 is 0. The fourth-order valence-electron chi connectivity index (χ4n) is 2.06. The summed E-state index contributed by atoms with van der Waals surface area (Å²) in [5.41, 5.74) is 4.05. The van der Waals surface area contributed by atoms with Crippen molar-refractivity contribution in [2.24, 2.45) is 0 Å². The van der Waals surface area contributed by atoms with E-state index in [0.29, 0.717) is 5.56 Å². The van der Waals surface area contributed by atoms with Gasteiger partial charge < -0.3 is 4.65 Å². The van der Waals surface area contributed by atoms with Crippen LogP contribution >= 0.6 is 0 Å². The van der Waals surface area contributed by atoms with Crippen LogP contribution in [0.25, 0.3) is 0 Å². The summed E-state index contributed by atoms with van der Waals surface area (Å²) in [6.07, 6.45) is -0.0426. The van der Waals surface area contributed by atoms with Gasteiger partial charge in [-0.1, -0.05) is 36.4 Å². The Labute approximate surface area is 101 Å². The topological polar surface area (TPSA) is 33.0 Å². The van der Waals surface area contributed by atoms with E-state index < -0.39 is 0 Å². The Balaban J connectivity index is 1.99. The van der Waals surface area contributed by atoms with Crippen LogP contribution in [-0.2, 0) is 4.65 Å². The molecule has 0 N–H and O–H groups in total. The summed E-state index contributed by atoms with van der Waals surface area (Å²) in [7, 11) is 1.79. The second-order valence-corrected chi connectivity index (χ2v) is 4.00. The third-order valence-corrected chi connectivity index (χ3v) is 2.95. The molecule has 0 spiro atoms. The van der Waals surface area contributed by atoms with Crippen LogP contribution in [0.2, 0.25) is 0 Å². The molecule has 1 radical (unpaired) electrons. The predicted octanol–water partition coefficient (Wildman–Crippen LogP) is 1.92. The van der Waals surface area contributed by atoms with Gasteiger partial charge in [-0.25, -0.2) is 0 Å². The number of hydrogen-bond donors (Lipinski definition) is 0. The highest BCUT2D eigenvalue weighted by molar-refractivity contribution is 6.49. The summed E-state index contributed by atoms with van der Waals surface area (Å²) < 4.78 is 5.68. The molecule has 0 aromatic heterocycles. The van der Waals surface area contributed by atoms with Gasteiger partial charge in [0, 0.05) is 0 Å². The van der Waals surface area contributed by atoms with Crippen molar-refractivity contribution in [3.63, 3.8) is 0 Å². The Bertz CT molecular complexity index is 586. The molecule has 2 aromatic rings. The molecule has 0 amide bonds. The molecule has 79 valence electrons. The van der Waals surface area contributed by atoms with Gasteiger partial charge in [0.05, 0.1) is 17.7 Å². The van der Waals surface area contributed by atoms with Crippen molar-refractivity contribution in [2.75, 3.05) is 0 Å². The molecule has 3 rings (SSSR count). The lowest BCUT2D eigenvalue weighted by Crippen LogP contribution is -2.09. The van der Waals surface area contributed by atoms with Crippen LogP contribution in [0.5, 0.6) is 0 Å². The molecule has 3 heteroatoms. The molecule has 1 unspecified atom stereocenters. The molecule has 1 aliphatic rings. The molecular formula is C14H9BNO. The summed E-state index contributed by atoms with van der Waals surface area (Å²) in [5, 5.41) is 8.76. The van der Waals surface area contributed by atoms with E-state index >= 15 is 0 Å². The average Bonchev–Trinajstić information content (AvgIpc) is 2.83. The SMILES string of the molecule is N#Cc1ccc(C2O[B]c3ccccc32)cc1. The minimum absolute atomic E-state index is 0.0426. The van der Waals surface area contributed by atoms with E-state index in [1.165, 1.54) is 5.56 Å². The molecule has 0 aliphatic carbocycles. The van der Waals surface area contributed by atoms with Crippen LogP contribution in [0.3, 0.4) is 0 Å². The lowest BCUT2D eigenvalue weighted by atomic mass is 9.86. The summed E-state index contributed by atoms with van der Waals surface area (Å²) in [6.45, 7) is 0. The fourth-order valence-corrected chi connectivity index (χ4v) is 2.06. The molecule has 17 heavy (non-hydrogen) atoms. The molecule has 1 aliphatic heterocycles. The van der Waals surface area contributed by atoms with E-state index in [0.717, 1.165) is 11.0 Å². The number of benzene rings is 2. The van der Waals surface area contributed by atoms with Gasteiger partial charge >= 0.3 is 7.48 Å². The Morgan fingerprint density at radius 3 is 2.59 bits per heavy atom.